The summed E-state index contributed by atoms with van der Waals surface area (Å²) in [6.45, 7) is 0. The minimum Gasteiger partial charge on any atom is -0.507 e. The molecule has 0 amide bonds. The molecule has 0 heterocycles. The number of phenolic OH excluding ortho intramolecular Hbond substituents is 1. The highest BCUT2D eigenvalue weighted by Gasteiger charge is 1.98. The van der Waals surface area contributed by atoms with Gasteiger partial charge in [-0.05, 0) is 46.4 Å². The van der Waals surface area contributed by atoms with Crippen LogP contribution in [0.25, 0.3) is 6.08 Å². The minimum atomic E-state index is 0.0477. The molecule has 0 unspecified atom stereocenters. The second kappa shape index (κ2) is 4.64. The largest absolute Gasteiger partial charge is 0.507 e. The molecule has 68 valence electrons. The van der Waals surface area contributed by atoms with Crippen LogP contribution in [0.4, 0.5) is 0 Å². The fraction of sp³-hybridized carbons (Fsp3) is 0. The molecule has 0 aromatic heterocycles. The molecule has 1 N–H and O–H groups in total. The van der Waals surface area contributed by atoms with Crippen molar-refractivity contribution >= 4 is 28.7 Å². The van der Waals surface area contributed by atoms with Crippen molar-refractivity contribution in [3.05, 3.63) is 32.9 Å². The minimum absolute atomic E-state index is 0.0477. The lowest BCUT2D eigenvalue weighted by Crippen LogP contribution is -1.79. The van der Waals surface area contributed by atoms with E-state index in [1.807, 2.05) is 22.6 Å². The Labute approximate surface area is 95.0 Å². The molecule has 0 aliphatic rings. The number of halogens is 1. The molecule has 0 aliphatic heterocycles. The Bertz CT molecular complexity index is 450. The van der Waals surface area contributed by atoms with E-state index in [0.717, 1.165) is 5.56 Å². The average molecular weight is 296 g/mol. The van der Waals surface area contributed by atoms with Crippen molar-refractivity contribution in [3.63, 3.8) is 0 Å². The van der Waals surface area contributed by atoms with E-state index in [9.17, 15) is 5.11 Å². The molecule has 0 spiro atoms. The maximum Gasteiger partial charge on any atom is 0.130 e. The van der Waals surface area contributed by atoms with E-state index in [2.05, 4.69) is 0 Å². The maximum absolute atomic E-state index is 9.23. The molecule has 1 aromatic carbocycles. The molecule has 0 saturated carbocycles. The third kappa shape index (κ3) is 2.48. The molecule has 0 aliphatic carbocycles. The van der Waals surface area contributed by atoms with Gasteiger partial charge in [-0.25, -0.2) is 0 Å². The molecule has 1 aromatic rings. The number of phenols is 1. The highest BCUT2D eigenvalue weighted by Crippen LogP contribution is 2.21. The first kappa shape index (κ1) is 10.6. The molecule has 4 heteroatoms. The van der Waals surface area contributed by atoms with Gasteiger partial charge in [-0.1, -0.05) is 6.07 Å². The first-order valence-corrected chi connectivity index (χ1v) is 4.75. The van der Waals surface area contributed by atoms with E-state index < -0.39 is 0 Å². The SMILES string of the molecule is N#CC(C#N)=Cc1ccc(O)c(I)c1. The van der Waals surface area contributed by atoms with E-state index in [1.54, 1.807) is 24.3 Å². The molecular formula is C10H5IN2O. The van der Waals surface area contributed by atoms with E-state index in [0.29, 0.717) is 3.57 Å². The van der Waals surface area contributed by atoms with Crippen molar-refractivity contribution in [2.75, 3.05) is 0 Å². The third-order valence-corrected chi connectivity index (χ3v) is 2.39. The zero-order valence-corrected chi connectivity index (χ0v) is 9.19. The van der Waals surface area contributed by atoms with Crippen LogP contribution < -0.4 is 0 Å². The number of allylic oxidation sites excluding steroid dienone is 1. The summed E-state index contributed by atoms with van der Waals surface area (Å²) in [5, 5.41) is 26.3. The van der Waals surface area contributed by atoms with Crippen molar-refractivity contribution in [3.8, 4) is 17.9 Å². The Hall–Kier alpha value is -1.53. The van der Waals surface area contributed by atoms with Crippen molar-refractivity contribution in [1.82, 2.24) is 0 Å². The number of hydrogen-bond acceptors (Lipinski definition) is 3. The fourth-order valence-electron chi connectivity index (χ4n) is 0.869. The van der Waals surface area contributed by atoms with Gasteiger partial charge in [-0.3, -0.25) is 0 Å². The summed E-state index contributed by atoms with van der Waals surface area (Å²) < 4.78 is 0.687. The first-order valence-electron chi connectivity index (χ1n) is 3.68. The number of hydrogen-bond donors (Lipinski definition) is 1. The van der Waals surface area contributed by atoms with Gasteiger partial charge in [-0.2, -0.15) is 10.5 Å². The number of benzene rings is 1. The van der Waals surface area contributed by atoms with E-state index in [1.165, 1.54) is 12.1 Å². The highest BCUT2D eigenvalue weighted by molar-refractivity contribution is 14.1. The zero-order chi connectivity index (χ0) is 10.6. The van der Waals surface area contributed by atoms with Gasteiger partial charge in [0, 0.05) is 0 Å². The monoisotopic (exact) mass is 296 g/mol. The van der Waals surface area contributed by atoms with E-state index in [-0.39, 0.29) is 11.3 Å². The lowest BCUT2D eigenvalue weighted by Gasteiger charge is -1.97. The molecule has 1 rings (SSSR count). The molecule has 0 bridgehead atoms. The molecule has 0 radical (unpaired) electrons. The van der Waals surface area contributed by atoms with Crippen molar-refractivity contribution in [1.29, 1.82) is 10.5 Å². The topological polar surface area (TPSA) is 67.8 Å². The Morgan fingerprint density at radius 3 is 2.50 bits per heavy atom. The van der Waals surface area contributed by atoms with Crippen molar-refractivity contribution in [2.24, 2.45) is 0 Å². The molecule has 14 heavy (non-hydrogen) atoms. The Morgan fingerprint density at radius 2 is 2.00 bits per heavy atom. The first-order chi connectivity index (χ1) is 6.67. The van der Waals surface area contributed by atoms with E-state index in [4.69, 9.17) is 10.5 Å². The predicted molar refractivity (Wildman–Crippen MR) is 60.0 cm³/mol. The van der Waals surface area contributed by atoms with Crippen LogP contribution in [0, 0.1) is 26.2 Å². The molecule has 3 nitrogen and oxygen atoms in total. The van der Waals surface area contributed by atoms with Gasteiger partial charge in [-0.15, -0.1) is 0 Å². The van der Waals surface area contributed by atoms with Gasteiger partial charge in [0.05, 0.1) is 3.57 Å². The quantitative estimate of drug-likeness (QED) is 0.639. The summed E-state index contributed by atoms with van der Waals surface area (Å²) in [7, 11) is 0. The lowest BCUT2D eigenvalue weighted by molar-refractivity contribution is 0.471. The van der Waals surface area contributed by atoms with Gasteiger partial charge in [0.2, 0.25) is 0 Å². The van der Waals surface area contributed by atoms with Crippen LogP contribution in [-0.4, -0.2) is 5.11 Å². The average Bonchev–Trinajstić information content (AvgIpc) is 2.19. The number of rotatable bonds is 1. The van der Waals surface area contributed by atoms with Gasteiger partial charge < -0.3 is 5.11 Å². The van der Waals surface area contributed by atoms with Crippen LogP contribution in [0.15, 0.2) is 23.8 Å². The van der Waals surface area contributed by atoms with Crippen LogP contribution in [0.5, 0.6) is 5.75 Å². The summed E-state index contributed by atoms with van der Waals surface area (Å²) in [5.74, 6) is 0.193. The summed E-state index contributed by atoms with van der Waals surface area (Å²) in [6, 6.07) is 8.41. The standard InChI is InChI=1S/C10H5IN2O/c11-9-4-7(1-2-10(9)14)3-8(5-12)6-13/h1-4,14H. The van der Waals surface area contributed by atoms with Crippen LogP contribution >= 0.6 is 22.6 Å². The van der Waals surface area contributed by atoms with Crippen LogP contribution in [0.2, 0.25) is 0 Å². The number of nitrogens with zero attached hydrogens (tertiary/aromatic N) is 2. The lowest BCUT2D eigenvalue weighted by atomic mass is 10.1. The maximum atomic E-state index is 9.23. The number of nitriles is 2. The summed E-state index contributed by atoms with van der Waals surface area (Å²) in [4.78, 5) is 0. The zero-order valence-electron chi connectivity index (χ0n) is 7.03. The molecule has 0 fully saturated rings. The highest BCUT2D eigenvalue weighted by atomic mass is 127. The Balaban J connectivity index is 3.13. The van der Waals surface area contributed by atoms with Gasteiger partial charge in [0.15, 0.2) is 0 Å². The predicted octanol–water partition coefficient (Wildman–Crippen LogP) is 2.43. The molecule has 0 atom stereocenters. The van der Waals surface area contributed by atoms with Gasteiger partial charge >= 0.3 is 0 Å². The van der Waals surface area contributed by atoms with Gasteiger partial charge in [0.1, 0.15) is 23.5 Å². The second-order valence-electron chi connectivity index (χ2n) is 2.49. The number of aromatic hydroxyl groups is 1. The second-order valence-corrected chi connectivity index (χ2v) is 3.65. The fourth-order valence-corrected chi connectivity index (χ4v) is 1.41. The molecule has 0 saturated heterocycles. The van der Waals surface area contributed by atoms with Crippen molar-refractivity contribution < 1.29 is 5.11 Å². The summed E-state index contributed by atoms with van der Waals surface area (Å²) in [5.41, 5.74) is 0.775. The van der Waals surface area contributed by atoms with Crippen LogP contribution in [0.3, 0.4) is 0 Å². The van der Waals surface area contributed by atoms with E-state index >= 15 is 0 Å². The summed E-state index contributed by atoms with van der Waals surface area (Å²) in [6.07, 6.45) is 1.47. The van der Waals surface area contributed by atoms with Gasteiger partial charge in [0.25, 0.3) is 0 Å². The smallest absolute Gasteiger partial charge is 0.130 e. The summed E-state index contributed by atoms with van der Waals surface area (Å²) >= 11 is 1.98. The third-order valence-electron chi connectivity index (χ3n) is 1.52. The van der Waals surface area contributed by atoms with Crippen molar-refractivity contribution in [2.45, 2.75) is 0 Å². The van der Waals surface area contributed by atoms with Crippen LogP contribution in [-0.2, 0) is 0 Å². The van der Waals surface area contributed by atoms with Crippen LogP contribution in [0.1, 0.15) is 5.56 Å². The Kier molecular flexibility index (Phi) is 3.49. The Morgan fingerprint density at radius 1 is 1.36 bits per heavy atom. The molecular weight excluding hydrogens is 291 g/mol. The normalized spacial score (nSPS) is 8.50.